The van der Waals surface area contributed by atoms with Crippen LogP contribution in [0.5, 0.6) is 0 Å². The molecule has 0 fully saturated rings. The van der Waals surface area contributed by atoms with Gasteiger partial charge >= 0.3 is 0 Å². The third kappa shape index (κ3) is 23.9. The Morgan fingerprint density at radius 1 is 0.552 bits per heavy atom. The predicted molar refractivity (Wildman–Crippen MR) is 136 cm³/mol. The van der Waals surface area contributed by atoms with Gasteiger partial charge in [-0.15, -0.1) is 0 Å². The maximum absolute atomic E-state index is 2.51. The highest BCUT2D eigenvalue weighted by molar-refractivity contribution is 4.97. The molecule has 29 heavy (non-hydrogen) atoms. The minimum atomic E-state index is 0.907. The summed E-state index contributed by atoms with van der Waals surface area (Å²) < 4.78 is 0. The normalized spacial score (nSPS) is 13.2. The van der Waals surface area contributed by atoms with E-state index in [0.29, 0.717) is 0 Å². The molecule has 1 atom stereocenters. The van der Waals surface area contributed by atoms with E-state index >= 15 is 0 Å². The van der Waals surface area contributed by atoms with Crippen LogP contribution < -0.4 is 0 Å². The van der Waals surface area contributed by atoms with Crippen molar-refractivity contribution in [3.05, 3.63) is 11.6 Å². The van der Waals surface area contributed by atoms with Crippen molar-refractivity contribution < 1.29 is 0 Å². The Hall–Kier alpha value is -0.260. The highest BCUT2D eigenvalue weighted by atomic mass is 14.1. The molecular weight excluding hydrogens is 348 g/mol. The molecular formula is C29H58. The monoisotopic (exact) mass is 406 g/mol. The van der Waals surface area contributed by atoms with E-state index in [-0.39, 0.29) is 0 Å². The average molecular weight is 407 g/mol. The van der Waals surface area contributed by atoms with E-state index in [9.17, 15) is 0 Å². The number of allylic oxidation sites excluding steroid dienone is 2. The van der Waals surface area contributed by atoms with Crippen molar-refractivity contribution in [2.24, 2.45) is 5.92 Å². The quantitative estimate of drug-likeness (QED) is 0.117. The van der Waals surface area contributed by atoms with E-state index < -0.39 is 0 Å². The van der Waals surface area contributed by atoms with Crippen molar-refractivity contribution in [2.45, 2.75) is 169 Å². The van der Waals surface area contributed by atoms with Gasteiger partial charge in [0.2, 0.25) is 0 Å². The van der Waals surface area contributed by atoms with Gasteiger partial charge in [0.25, 0.3) is 0 Å². The summed E-state index contributed by atoms with van der Waals surface area (Å²) in [7, 11) is 0. The molecule has 0 aliphatic heterocycles. The van der Waals surface area contributed by atoms with Crippen LogP contribution in [-0.2, 0) is 0 Å². The summed E-state index contributed by atoms with van der Waals surface area (Å²) in [5.41, 5.74) is 1.63. The fourth-order valence-corrected chi connectivity index (χ4v) is 4.48. The molecule has 0 saturated carbocycles. The minimum absolute atomic E-state index is 0.907. The molecule has 0 heteroatoms. The first-order valence-corrected chi connectivity index (χ1v) is 13.9. The number of hydrogen-bond donors (Lipinski definition) is 0. The molecule has 0 spiro atoms. The van der Waals surface area contributed by atoms with Gasteiger partial charge in [-0.2, -0.15) is 0 Å². The van der Waals surface area contributed by atoms with Crippen molar-refractivity contribution in [2.75, 3.05) is 0 Å². The summed E-state index contributed by atoms with van der Waals surface area (Å²) in [4.78, 5) is 0. The zero-order chi connectivity index (χ0) is 21.4. The van der Waals surface area contributed by atoms with E-state index in [0.717, 1.165) is 5.92 Å². The van der Waals surface area contributed by atoms with Crippen LogP contribution in [0.3, 0.4) is 0 Å². The Labute approximate surface area is 186 Å². The van der Waals surface area contributed by atoms with E-state index in [1.54, 1.807) is 5.57 Å². The molecule has 174 valence electrons. The Bertz CT molecular complexity index is 327. The van der Waals surface area contributed by atoms with Gasteiger partial charge in [-0.25, -0.2) is 0 Å². The molecule has 0 aliphatic carbocycles. The number of rotatable bonds is 23. The van der Waals surface area contributed by atoms with Crippen LogP contribution in [0.15, 0.2) is 11.6 Å². The van der Waals surface area contributed by atoms with E-state index in [1.807, 2.05) is 0 Å². The van der Waals surface area contributed by atoms with Gasteiger partial charge in [-0.1, -0.05) is 148 Å². The second-order valence-electron chi connectivity index (χ2n) is 9.93. The molecule has 0 aromatic rings. The molecule has 0 N–H and O–H groups in total. The van der Waals surface area contributed by atoms with Crippen LogP contribution in [-0.4, -0.2) is 0 Å². The van der Waals surface area contributed by atoms with Gasteiger partial charge in [-0.05, 0) is 38.5 Å². The lowest BCUT2D eigenvalue weighted by atomic mass is 9.98. The smallest absolute Gasteiger partial charge is 0.0323 e. The van der Waals surface area contributed by atoms with Crippen LogP contribution in [0.4, 0.5) is 0 Å². The lowest BCUT2D eigenvalue weighted by molar-refractivity contribution is 0.490. The molecule has 0 nitrogen and oxygen atoms in total. The molecule has 0 aromatic carbocycles. The molecule has 0 heterocycles. The van der Waals surface area contributed by atoms with Crippen molar-refractivity contribution in [1.29, 1.82) is 0 Å². The summed E-state index contributed by atoms with van der Waals surface area (Å²) in [6, 6.07) is 0. The predicted octanol–water partition coefficient (Wildman–Crippen LogP) is 11.2. The Morgan fingerprint density at radius 2 is 0.966 bits per heavy atom. The summed E-state index contributed by atoms with van der Waals surface area (Å²) in [6.45, 7) is 9.35. The Balaban J connectivity index is 3.21. The Kier molecular flexibility index (Phi) is 23.8. The first-order chi connectivity index (χ1) is 14.2. The topological polar surface area (TPSA) is 0 Å². The summed E-state index contributed by atoms with van der Waals surface area (Å²) in [5.74, 6) is 0.907. The van der Waals surface area contributed by atoms with Gasteiger partial charge in [0.15, 0.2) is 0 Å². The summed E-state index contributed by atoms with van der Waals surface area (Å²) >= 11 is 0. The molecule has 1 unspecified atom stereocenters. The molecule has 0 saturated heterocycles. The van der Waals surface area contributed by atoms with Crippen molar-refractivity contribution in [1.82, 2.24) is 0 Å². The van der Waals surface area contributed by atoms with Crippen LogP contribution >= 0.6 is 0 Å². The van der Waals surface area contributed by atoms with Gasteiger partial charge in [-0.3, -0.25) is 0 Å². The van der Waals surface area contributed by atoms with Crippen molar-refractivity contribution in [3.63, 3.8) is 0 Å². The third-order valence-electron chi connectivity index (χ3n) is 6.61. The number of hydrogen-bond acceptors (Lipinski definition) is 0. The van der Waals surface area contributed by atoms with Crippen LogP contribution in [0.2, 0.25) is 0 Å². The SMILES string of the molecule is CCCCCCCCCCCCCCCCCCCC(C)=CCCC(C)CCC. The van der Waals surface area contributed by atoms with Gasteiger partial charge in [0.05, 0.1) is 0 Å². The fraction of sp³-hybridized carbons (Fsp3) is 0.931. The largest absolute Gasteiger partial charge is 0.0856 e. The van der Waals surface area contributed by atoms with Gasteiger partial charge in [0.1, 0.15) is 0 Å². The highest BCUT2D eigenvalue weighted by Gasteiger charge is 1.99. The van der Waals surface area contributed by atoms with E-state index in [1.165, 1.54) is 141 Å². The highest BCUT2D eigenvalue weighted by Crippen LogP contribution is 2.17. The maximum Gasteiger partial charge on any atom is -0.0323 e. The first-order valence-electron chi connectivity index (χ1n) is 13.9. The third-order valence-corrected chi connectivity index (χ3v) is 6.61. The second-order valence-corrected chi connectivity index (χ2v) is 9.93. The maximum atomic E-state index is 2.51. The lowest BCUT2D eigenvalue weighted by Gasteiger charge is -2.08. The molecule has 0 radical (unpaired) electrons. The van der Waals surface area contributed by atoms with Crippen molar-refractivity contribution in [3.8, 4) is 0 Å². The first kappa shape index (κ1) is 28.7. The van der Waals surface area contributed by atoms with Crippen LogP contribution in [0.1, 0.15) is 169 Å². The van der Waals surface area contributed by atoms with Crippen molar-refractivity contribution >= 4 is 0 Å². The van der Waals surface area contributed by atoms with Crippen LogP contribution in [0, 0.1) is 5.92 Å². The molecule has 0 rings (SSSR count). The van der Waals surface area contributed by atoms with Gasteiger partial charge in [0, 0.05) is 0 Å². The molecule has 0 aliphatic rings. The zero-order valence-electron chi connectivity index (χ0n) is 21.2. The summed E-state index contributed by atoms with van der Waals surface area (Å²) in [5, 5.41) is 0. The zero-order valence-corrected chi connectivity index (χ0v) is 21.2. The second kappa shape index (κ2) is 24.0. The van der Waals surface area contributed by atoms with Crippen LogP contribution in [0.25, 0.3) is 0 Å². The summed E-state index contributed by atoms with van der Waals surface area (Å²) in [6.07, 6.45) is 34.1. The standard InChI is InChI=1S/C29H58/c1-5-7-8-9-10-11-12-13-14-15-16-17-18-19-20-21-22-25-29(4)27-23-26-28(3)24-6-2/h27-28H,5-26H2,1-4H3. The molecule has 0 aromatic heterocycles. The minimum Gasteiger partial charge on any atom is -0.0856 e. The fourth-order valence-electron chi connectivity index (χ4n) is 4.48. The number of unbranched alkanes of at least 4 members (excludes halogenated alkanes) is 16. The average Bonchev–Trinajstić information content (AvgIpc) is 2.70. The van der Waals surface area contributed by atoms with Gasteiger partial charge < -0.3 is 0 Å². The Morgan fingerprint density at radius 3 is 1.38 bits per heavy atom. The van der Waals surface area contributed by atoms with E-state index in [2.05, 4.69) is 33.8 Å². The molecule has 0 amide bonds. The van der Waals surface area contributed by atoms with E-state index in [4.69, 9.17) is 0 Å². The molecule has 0 bridgehead atoms. The lowest BCUT2D eigenvalue weighted by Crippen LogP contribution is -1.92.